The number of carbonyl (C=O) groups excluding carboxylic acids is 1. The number of alkyl halides is 1. The van der Waals surface area contributed by atoms with Crippen LogP contribution in [0.4, 0.5) is 0 Å². The zero-order valence-corrected chi connectivity index (χ0v) is 10.3. The van der Waals surface area contributed by atoms with Crippen LogP contribution in [0.2, 0.25) is 0 Å². The largest absolute Gasteiger partial charge is 0.461 e. The van der Waals surface area contributed by atoms with Crippen LogP contribution in [0.15, 0.2) is 0 Å². The van der Waals surface area contributed by atoms with Gasteiger partial charge in [0.05, 0.1) is 0 Å². The summed E-state index contributed by atoms with van der Waals surface area (Å²) in [5.41, 5.74) is 0. The molecule has 1 aliphatic carbocycles. The van der Waals surface area contributed by atoms with Gasteiger partial charge < -0.3 is 4.74 Å². The Morgan fingerprint density at radius 3 is 2.71 bits per heavy atom. The smallest absolute Gasteiger partial charge is 0.323 e. The van der Waals surface area contributed by atoms with Crippen LogP contribution in [0.25, 0.3) is 0 Å². The highest BCUT2D eigenvalue weighted by atomic mass is 79.9. The molecule has 0 unspecified atom stereocenters. The van der Waals surface area contributed by atoms with Crippen molar-refractivity contribution in [1.82, 2.24) is 0 Å². The molecule has 14 heavy (non-hydrogen) atoms. The van der Waals surface area contributed by atoms with Crippen LogP contribution in [0.3, 0.4) is 0 Å². The van der Waals surface area contributed by atoms with Crippen LogP contribution in [-0.4, -0.2) is 16.4 Å². The summed E-state index contributed by atoms with van der Waals surface area (Å²) < 4.78 is 4.99. The van der Waals surface area contributed by atoms with E-state index in [0.29, 0.717) is 5.92 Å². The monoisotopic (exact) mass is 260 g/mol. The molecule has 4 atom stereocenters. The van der Waals surface area contributed by atoms with Gasteiger partial charge in [0.2, 0.25) is 0 Å². The van der Waals surface area contributed by atoms with Crippen molar-refractivity contribution in [3.8, 4) is 0 Å². The minimum absolute atomic E-state index is 0.0675. The number of carbonyl (C=O) groups is 1. The van der Waals surface area contributed by atoms with Gasteiger partial charge in [-0.15, -0.1) is 0 Å². The molecule has 0 aromatic heterocycles. The SMILES string of the molecule is C[C@H]1CC[C@@H]2OC(=O)[C@@](C)(Br)[C@@H]2CC1. The summed E-state index contributed by atoms with van der Waals surface area (Å²) in [6.07, 6.45) is 4.73. The first kappa shape index (κ1) is 10.5. The number of halogens is 1. The Morgan fingerprint density at radius 2 is 2.00 bits per heavy atom. The molecule has 1 aliphatic heterocycles. The minimum Gasteiger partial charge on any atom is -0.461 e. The van der Waals surface area contributed by atoms with Crippen molar-refractivity contribution >= 4 is 21.9 Å². The Labute approximate surface area is 93.5 Å². The van der Waals surface area contributed by atoms with Crippen molar-refractivity contribution < 1.29 is 9.53 Å². The second-order valence-electron chi connectivity index (χ2n) is 4.89. The number of rotatable bonds is 0. The van der Waals surface area contributed by atoms with Gasteiger partial charge in [-0.25, -0.2) is 0 Å². The Kier molecular flexibility index (Phi) is 2.63. The first-order valence-electron chi connectivity index (χ1n) is 5.42. The highest BCUT2D eigenvalue weighted by molar-refractivity contribution is 9.10. The van der Waals surface area contributed by atoms with Gasteiger partial charge in [0.25, 0.3) is 0 Å². The van der Waals surface area contributed by atoms with Crippen molar-refractivity contribution in [3.63, 3.8) is 0 Å². The maximum Gasteiger partial charge on any atom is 0.323 e. The summed E-state index contributed by atoms with van der Waals surface area (Å²) in [7, 11) is 0. The standard InChI is InChI=1S/C11H17BrO2/c1-7-3-5-8-9(6-4-7)14-10(13)11(8,2)12/h7-9H,3-6H2,1-2H3/t7-,8-,9+,11+/m1/s1. The maximum atomic E-state index is 11.6. The van der Waals surface area contributed by atoms with Crippen LogP contribution in [0.1, 0.15) is 39.5 Å². The molecule has 0 spiro atoms. The van der Waals surface area contributed by atoms with Crippen molar-refractivity contribution in [3.05, 3.63) is 0 Å². The van der Waals surface area contributed by atoms with Gasteiger partial charge in [0.1, 0.15) is 10.4 Å². The lowest BCUT2D eigenvalue weighted by Gasteiger charge is -2.21. The Morgan fingerprint density at radius 1 is 1.36 bits per heavy atom. The van der Waals surface area contributed by atoms with Gasteiger partial charge in [-0.2, -0.15) is 0 Å². The zero-order chi connectivity index (χ0) is 10.3. The molecule has 0 aromatic rings. The van der Waals surface area contributed by atoms with E-state index in [9.17, 15) is 4.79 Å². The molecule has 2 rings (SSSR count). The summed E-state index contributed by atoms with van der Waals surface area (Å²) in [5.74, 6) is 1.09. The third-order valence-corrected chi connectivity index (χ3v) is 4.63. The predicted octanol–water partition coefficient (Wildman–Crippen LogP) is 2.89. The average molecular weight is 261 g/mol. The van der Waals surface area contributed by atoms with Crippen LogP contribution in [-0.2, 0) is 9.53 Å². The fraction of sp³-hybridized carbons (Fsp3) is 0.909. The quantitative estimate of drug-likeness (QED) is 0.495. The maximum absolute atomic E-state index is 11.6. The number of esters is 1. The lowest BCUT2D eigenvalue weighted by molar-refractivity contribution is -0.143. The van der Waals surface area contributed by atoms with Gasteiger partial charge in [-0.3, -0.25) is 4.79 Å². The van der Waals surface area contributed by atoms with E-state index in [2.05, 4.69) is 22.9 Å². The summed E-state index contributed by atoms with van der Waals surface area (Å²) >= 11 is 3.53. The Hall–Kier alpha value is -0.0500. The van der Waals surface area contributed by atoms with Crippen molar-refractivity contribution in [2.24, 2.45) is 11.8 Å². The second kappa shape index (κ2) is 3.51. The molecule has 2 aliphatic rings. The number of ether oxygens (including phenoxy) is 1. The Bertz CT molecular complexity index is 250. The summed E-state index contributed by atoms with van der Waals surface area (Å²) in [6.45, 7) is 4.24. The molecular weight excluding hydrogens is 244 g/mol. The molecule has 1 saturated heterocycles. The highest BCUT2D eigenvalue weighted by Crippen LogP contribution is 2.45. The Balaban J connectivity index is 2.17. The van der Waals surface area contributed by atoms with Crippen LogP contribution in [0, 0.1) is 11.8 Å². The minimum atomic E-state index is -0.429. The summed E-state index contributed by atoms with van der Waals surface area (Å²) in [4.78, 5) is 11.6. The number of hydrogen-bond donors (Lipinski definition) is 0. The van der Waals surface area contributed by atoms with Crippen LogP contribution >= 0.6 is 15.9 Å². The van der Waals surface area contributed by atoms with Crippen molar-refractivity contribution in [1.29, 1.82) is 0 Å². The first-order valence-corrected chi connectivity index (χ1v) is 6.21. The molecule has 0 bridgehead atoms. The van der Waals surface area contributed by atoms with E-state index < -0.39 is 4.32 Å². The molecule has 0 amide bonds. The molecular formula is C11H17BrO2. The molecule has 1 saturated carbocycles. The molecule has 1 heterocycles. The van der Waals surface area contributed by atoms with Gasteiger partial charge in [-0.05, 0) is 32.1 Å². The molecule has 0 N–H and O–H groups in total. The van der Waals surface area contributed by atoms with E-state index in [1.807, 2.05) is 6.92 Å². The molecule has 2 nitrogen and oxygen atoms in total. The summed E-state index contributed by atoms with van der Waals surface area (Å²) in [5, 5.41) is 0. The van der Waals surface area contributed by atoms with E-state index >= 15 is 0 Å². The molecule has 3 heteroatoms. The van der Waals surface area contributed by atoms with Crippen molar-refractivity contribution in [2.75, 3.05) is 0 Å². The van der Waals surface area contributed by atoms with E-state index in [1.54, 1.807) is 0 Å². The van der Waals surface area contributed by atoms with Crippen molar-refractivity contribution in [2.45, 2.75) is 50.0 Å². The van der Waals surface area contributed by atoms with E-state index in [-0.39, 0.29) is 12.1 Å². The second-order valence-corrected chi connectivity index (χ2v) is 6.53. The van der Waals surface area contributed by atoms with Crippen LogP contribution in [0.5, 0.6) is 0 Å². The lowest BCUT2D eigenvalue weighted by atomic mass is 9.88. The molecule has 2 fully saturated rings. The molecule has 0 aromatic carbocycles. The summed E-state index contributed by atoms with van der Waals surface area (Å²) in [6, 6.07) is 0. The fourth-order valence-electron chi connectivity index (χ4n) is 2.61. The number of hydrogen-bond acceptors (Lipinski definition) is 2. The normalized spacial score (nSPS) is 48.2. The molecule has 80 valence electrons. The average Bonchev–Trinajstić information content (AvgIpc) is 2.25. The fourth-order valence-corrected chi connectivity index (χ4v) is 3.23. The van der Waals surface area contributed by atoms with E-state index in [4.69, 9.17) is 4.74 Å². The van der Waals surface area contributed by atoms with Gasteiger partial charge in [0.15, 0.2) is 0 Å². The van der Waals surface area contributed by atoms with E-state index in [0.717, 1.165) is 18.8 Å². The number of fused-ring (bicyclic) bond motifs is 1. The highest BCUT2D eigenvalue weighted by Gasteiger charge is 2.52. The zero-order valence-electron chi connectivity index (χ0n) is 8.75. The van der Waals surface area contributed by atoms with Gasteiger partial charge >= 0.3 is 5.97 Å². The molecule has 0 radical (unpaired) electrons. The van der Waals surface area contributed by atoms with E-state index in [1.165, 1.54) is 12.8 Å². The van der Waals surface area contributed by atoms with Gasteiger partial charge in [-0.1, -0.05) is 29.3 Å². The lowest BCUT2D eigenvalue weighted by Crippen LogP contribution is -2.31. The topological polar surface area (TPSA) is 26.3 Å². The predicted molar refractivity (Wildman–Crippen MR) is 58.3 cm³/mol. The third-order valence-electron chi connectivity index (χ3n) is 3.72. The third kappa shape index (κ3) is 1.60. The van der Waals surface area contributed by atoms with Gasteiger partial charge in [0, 0.05) is 5.92 Å². The first-order chi connectivity index (χ1) is 6.51. The van der Waals surface area contributed by atoms with Crippen LogP contribution < -0.4 is 0 Å².